The standard InChI is InChI=1S/C18H17Cl2N/c1-11-6-12(2)17(13(3)7-11)8-14(10-21)16-5-4-15(19)9-18(16)20/h4-7,9,14H,8H2,1-3H3. The van der Waals surface area contributed by atoms with Crippen LogP contribution >= 0.6 is 23.2 Å². The average Bonchev–Trinajstić information content (AvgIpc) is 2.39. The van der Waals surface area contributed by atoms with Crippen molar-refractivity contribution in [2.75, 3.05) is 0 Å². The molecule has 0 aliphatic heterocycles. The van der Waals surface area contributed by atoms with Crippen molar-refractivity contribution >= 4 is 23.2 Å². The number of aryl methyl sites for hydroxylation is 3. The van der Waals surface area contributed by atoms with Crippen molar-refractivity contribution in [1.82, 2.24) is 0 Å². The molecule has 2 aromatic rings. The van der Waals surface area contributed by atoms with E-state index >= 15 is 0 Å². The molecule has 0 fully saturated rings. The Morgan fingerprint density at radius 3 is 2.19 bits per heavy atom. The van der Waals surface area contributed by atoms with Crippen LogP contribution < -0.4 is 0 Å². The van der Waals surface area contributed by atoms with Gasteiger partial charge in [0.25, 0.3) is 0 Å². The summed E-state index contributed by atoms with van der Waals surface area (Å²) in [4.78, 5) is 0. The number of nitrogens with zero attached hydrogens (tertiary/aromatic N) is 1. The maximum atomic E-state index is 9.53. The van der Waals surface area contributed by atoms with Gasteiger partial charge in [0.15, 0.2) is 0 Å². The van der Waals surface area contributed by atoms with Crippen LogP contribution in [0.3, 0.4) is 0 Å². The summed E-state index contributed by atoms with van der Waals surface area (Å²) in [5, 5.41) is 10.7. The van der Waals surface area contributed by atoms with Crippen molar-refractivity contribution in [1.29, 1.82) is 5.26 Å². The lowest BCUT2D eigenvalue weighted by Crippen LogP contribution is -2.05. The van der Waals surface area contributed by atoms with Crippen LogP contribution in [-0.2, 0) is 6.42 Å². The summed E-state index contributed by atoms with van der Waals surface area (Å²) >= 11 is 12.2. The van der Waals surface area contributed by atoms with E-state index in [0.29, 0.717) is 16.5 Å². The molecule has 0 saturated heterocycles. The predicted octanol–water partition coefficient (Wildman–Crippen LogP) is 5.77. The fourth-order valence-corrected chi connectivity index (χ4v) is 3.29. The van der Waals surface area contributed by atoms with Crippen LogP contribution in [0.4, 0.5) is 0 Å². The molecule has 0 aliphatic rings. The van der Waals surface area contributed by atoms with Gasteiger partial charge in [-0.15, -0.1) is 0 Å². The molecule has 0 bridgehead atoms. The highest BCUT2D eigenvalue weighted by Gasteiger charge is 2.17. The van der Waals surface area contributed by atoms with Gasteiger partial charge in [0.05, 0.1) is 12.0 Å². The lowest BCUT2D eigenvalue weighted by molar-refractivity contribution is 0.836. The first-order chi connectivity index (χ1) is 9.92. The van der Waals surface area contributed by atoms with Crippen molar-refractivity contribution < 1.29 is 0 Å². The summed E-state index contributed by atoms with van der Waals surface area (Å²) in [6.45, 7) is 6.27. The monoisotopic (exact) mass is 317 g/mol. The Morgan fingerprint density at radius 1 is 1.05 bits per heavy atom. The van der Waals surface area contributed by atoms with E-state index in [9.17, 15) is 5.26 Å². The third kappa shape index (κ3) is 3.59. The summed E-state index contributed by atoms with van der Waals surface area (Å²) in [7, 11) is 0. The maximum Gasteiger partial charge on any atom is 0.0767 e. The largest absolute Gasteiger partial charge is 0.198 e. The lowest BCUT2D eigenvalue weighted by Gasteiger charge is -2.16. The molecule has 0 aromatic heterocycles. The second kappa shape index (κ2) is 6.52. The summed E-state index contributed by atoms with van der Waals surface area (Å²) in [5.74, 6) is -0.269. The molecule has 21 heavy (non-hydrogen) atoms. The Kier molecular flexibility index (Phi) is 4.93. The van der Waals surface area contributed by atoms with Crippen LogP contribution in [0.1, 0.15) is 33.7 Å². The molecule has 0 N–H and O–H groups in total. The molecule has 0 aliphatic carbocycles. The van der Waals surface area contributed by atoms with E-state index in [0.717, 1.165) is 5.56 Å². The van der Waals surface area contributed by atoms with Crippen molar-refractivity contribution in [2.24, 2.45) is 0 Å². The van der Waals surface area contributed by atoms with E-state index in [1.807, 2.05) is 6.07 Å². The molecule has 1 nitrogen and oxygen atoms in total. The molecular formula is C18H17Cl2N. The second-order valence-electron chi connectivity index (χ2n) is 5.43. The number of nitriles is 1. The van der Waals surface area contributed by atoms with Crippen LogP contribution in [0.2, 0.25) is 10.0 Å². The fraction of sp³-hybridized carbons (Fsp3) is 0.278. The molecule has 1 unspecified atom stereocenters. The zero-order valence-corrected chi connectivity index (χ0v) is 13.9. The predicted molar refractivity (Wildman–Crippen MR) is 89.2 cm³/mol. The Bertz CT molecular complexity index is 691. The minimum atomic E-state index is -0.269. The topological polar surface area (TPSA) is 23.8 Å². The van der Waals surface area contributed by atoms with Crippen LogP contribution in [0, 0.1) is 32.1 Å². The van der Waals surface area contributed by atoms with Gasteiger partial charge in [-0.3, -0.25) is 0 Å². The first kappa shape index (κ1) is 15.9. The normalized spacial score (nSPS) is 12.0. The van der Waals surface area contributed by atoms with E-state index in [-0.39, 0.29) is 5.92 Å². The van der Waals surface area contributed by atoms with Crippen LogP contribution in [0.25, 0.3) is 0 Å². The number of rotatable bonds is 3. The number of halogens is 2. The Hall–Kier alpha value is -1.49. The molecule has 2 aromatic carbocycles. The first-order valence-electron chi connectivity index (χ1n) is 6.83. The minimum absolute atomic E-state index is 0.269. The van der Waals surface area contributed by atoms with Gasteiger partial charge in [-0.2, -0.15) is 5.26 Å². The zero-order valence-electron chi connectivity index (χ0n) is 12.4. The van der Waals surface area contributed by atoms with Crippen molar-refractivity contribution in [3.05, 3.63) is 68.2 Å². The molecule has 0 amide bonds. The lowest BCUT2D eigenvalue weighted by atomic mass is 9.88. The van der Waals surface area contributed by atoms with Gasteiger partial charge < -0.3 is 0 Å². The van der Waals surface area contributed by atoms with Gasteiger partial charge >= 0.3 is 0 Å². The molecule has 0 radical (unpaired) electrons. The SMILES string of the molecule is Cc1cc(C)c(CC(C#N)c2ccc(Cl)cc2Cl)c(C)c1. The van der Waals surface area contributed by atoms with E-state index in [1.54, 1.807) is 12.1 Å². The number of hydrogen-bond donors (Lipinski definition) is 0. The highest BCUT2D eigenvalue weighted by atomic mass is 35.5. The molecular weight excluding hydrogens is 301 g/mol. The minimum Gasteiger partial charge on any atom is -0.198 e. The van der Waals surface area contributed by atoms with Gasteiger partial charge in [-0.1, -0.05) is 47.0 Å². The first-order valence-corrected chi connectivity index (χ1v) is 7.59. The average molecular weight is 318 g/mol. The smallest absolute Gasteiger partial charge is 0.0767 e. The molecule has 2 rings (SSSR count). The molecule has 3 heteroatoms. The number of benzene rings is 2. The number of hydrogen-bond acceptors (Lipinski definition) is 1. The molecule has 108 valence electrons. The summed E-state index contributed by atoms with van der Waals surface area (Å²) in [6.07, 6.45) is 0.662. The van der Waals surface area contributed by atoms with Gasteiger partial charge in [0, 0.05) is 10.0 Å². The third-order valence-corrected chi connectivity index (χ3v) is 4.30. The maximum absolute atomic E-state index is 9.53. The van der Waals surface area contributed by atoms with E-state index in [2.05, 4.69) is 39.0 Å². The van der Waals surface area contributed by atoms with E-state index < -0.39 is 0 Å². The second-order valence-corrected chi connectivity index (χ2v) is 6.27. The molecule has 0 spiro atoms. The van der Waals surface area contributed by atoms with Crippen LogP contribution in [0.15, 0.2) is 30.3 Å². The van der Waals surface area contributed by atoms with Gasteiger partial charge in [-0.05, 0) is 61.6 Å². The quantitative estimate of drug-likeness (QED) is 0.705. The Balaban J connectivity index is 2.39. The summed E-state index contributed by atoms with van der Waals surface area (Å²) in [5.41, 5.74) is 5.74. The highest BCUT2D eigenvalue weighted by molar-refractivity contribution is 6.35. The van der Waals surface area contributed by atoms with Gasteiger partial charge in [0.2, 0.25) is 0 Å². The van der Waals surface area contributed by atoms with E-state index in [4.69, 9.17) is 23.2 Å². The molecule has 0 heterocycles. The van der Waals surface area contributed by atoms with Crippen molar-refractivity contribution in [3.8, 4) is 6.07 Å². The Morgan fingerprint density at radius 2 is 1.67 bits per heavy atom. The van der Waals surface area contributed by atoms with Crippen LogP contribution in [-0.4, -0.2) is 0 Å². The molecule has 1 atom stereocenters. The fourth-order valence-electron chi connectivity index (χ4n) is 2.75. The zero-order chi connectivity index (χ0) is 15.6. The van der Waals surface area contributed by atoms with Crippen molar-refractivity contribution in [3.63, 3.8) is 0 Å². The summed E-state index contributed by atoms with van der Waals surface area (Å²) in [6, 6.07) is 12.0. The van der Waals surface area contributed by atoms with Gasteiger partial charge in [0.1, 0.15) is 0 Å². The van der Waals surface area contributed by atoms with Crippen molar-refractivity contribution in [2.45, 2.75) is 33.1 Å². The Labute approximate surface area is 136 Å². The van der Waals surface area contributed by atoms with E-state index in [1.165, 1.54) is 22.3 Å². The van der Waals surface area contributed by atoms with Gasteiger partial charge in [-0.25, -0.2) is 0 Å². The summed E-state index contributed by atoms with van der Waals surface area (Å²) < 4.78 is 0. The highest BCUT2D eigenvalue weighted by Crippen LogP contribution is 2.31. The van der Waals surface area contributed by atoms with Crippen LogP contribution in [0.5, 0.6) is 0 Å². The third-order valence-electron chi connectivity index (χ3n) is 3.74. The molecule has 0 saturated carbocycles.